The molecule has 1 saturated heterocycles. The molecule has 3 heterocycles. The third kappa shape index (κ3) is 10.5. The number of amides is 1. The summed E-state index contributed by atoms with van der Waals surface area (Å²) in [4.78, 5) is 34.6. The van der Waals surface area contributed by atoms with E-state index in [4.69, 9.17) is 9.47 Å². The molecule has 0 bridgehead atoms. The molecule has 9 nitrogen and oxygen atoms in total. The number of allylic oxidation sites excluding steroid dienone is 3. The summed E-state index contributed by atoms with van der Waals surface area (Å²) in [5, 5.41) is 22.1. The molecule has 6 atom stereocenters. The van der Waals surface area contributed by atoms with Crippen LogP contribution in [0.5, 0.6) is 0 Å². The van der Waals surface area contributed by atoms with E-state index in [1.807, 2.05) is 44.2 Å². The monoisotopic (exact) mass is 637 g/mol. The van der Waals surface area contributed by atoms with Crippen molar-refractivity contribution in [3.05, 3.63) is 66.0 Å². The van der Waals surface area contributed by atoms with Crippen molar-refractivity contribution in [3.63, 3.8) is 0 Å². The summed E-state index contributed by atoms with van der Waals surface area (Å²) in [6.07, 6.45) is 17.9. The molecule has 1 aromatic rings. The average molecular weight is 638 g/mol. The number of nitrogens with zero attached hydrogens (tertiary/aromatic N) is 3. The van der Waals surface area contributed by atoms with E-state index in [2.05, 4.69) is 22.9 Å². The first-order valence-electron chi connectivity index (χ1n) is 17.3. The second kappa shape index (κ2) is 17.2. The van der Waals surface area contributed by atoms with Crippen molar-refractivity contribution < 1.29 is 29.3 Å². The van der Waals surface area contributed by atoms with Crippen LogP contribution in [0.3, 0.4) is 0 Å². The first-order chi connectivity index (χ1) is 22.0. The highest BCUT2D eigenvalue weighted by molar-refractivity contribution is 5.70. The van der Waals surface area contributed by atoms with Gasteiger partial charge in [0.1, 0.15) is 11.7 Å². The molecule has 1 unspecified atom stereocenters. The minimum atomic E-state index is -1.44. The number of aliphatic hydroxyl groups is 2. The number of carbonyl (C=O) groups excluding carboxylic acids is 2. The molecule has 46 heavy (non-hydrogen) atoms. The van der Waals surface area contributed by atoms with Crippen molar-refractivity contribution >= 4 is 12.1 Å². The molecule has 2 fully saturated rings. The summed E-state index contributed by atoms with van der Waals surface area (Å²) < 4.78 is 11.9. The Hall–Kier alpha value is -3.01. The van der Waals surface area contributed by atoms with Gasteiger partial charge in [-0.15, -0.1) is 0 Å². The molecule has 0 radical (unpaired) electrons. The quantitative estimate of drug-likeness (QED) is 0.171. The van der Waals surface area contributed by atoms with Gasteiger partial charge in [0.25, 0.3) is 0 Å². The number of cyclic esters (lactones) is 1. The molecule has 1 amide bonds. The van der Waals surface area contributed by atoms with Gasteiger partial charge in [-0.3, -0.25) is 14.7 Å². The number of aromatic nitrogens is 1. The molecule has 1 aliphatic carbocycles. The summed E-state index contributed by atoms with van der Waals surface area (Å²) in [6, 6.07) is 4.56. The van der Waals surface area contributed by atoms with Crippen molar-refractivity contribution in [1.29, 1.82) is 0 Å². The molecule has 0 aromatic carbocycles. The fraction of sp³-hybridized carbons (Fsp3) is 0.649. The Bertz CT molecular complexity index is 1200. The van der Waals surface area contributed by atoms with Gasteiger partial charge in [-0.1, -0.05) is 63.8 Å². The molecule has 1 saturated carbocycles. The molecule has 3 aliphatic rings. The Morgan fingerprint density at radius 3 is 2.43 bits per heavy atom. The number of aliphatic hydroxyl groups excluding tert-OH is 1. The predicted molar refractivity (Wildman–Crippen MR) is 179 cm³/mol. The third-order valence-corrected chi connectivity index (χ3v) is 9.91. The minimum Gasteiger partial charge on any atom is -0.457 e. The summed E-state index contributed by atoms with van der Waals surface area (Å²) in [5.74, 6) is -0.607. The van der Waals surface area contributed by atoms with E-state index in [0.29, 0.717) is 19.1 Å². The third-order valence-electron chi connectivity index (χ3n) is 9.91. The SMILES string of the molecule is C/C(=C\C=C\C(C)c1ccncc1)[C@H]1OC(=O)C[C@@H](O)CC[C@](C)(O)[C@@H](OC(=O)N2CCN(C3CCCCCC3)CC2)/C=C/[C@@H]1C. The van der Waals surface area contributed by atoms with E-state index in [9.17, 15) is 19.8 Å². The largest absolute Gasteiger partial charge is 0.457 e. The summed E-state index contributed by atoms with van der Waals surface area (Å²) >= 11 is 0. The van der Waals surface area contributed by atoms with Crippen LogP contribution in [-0.4, -0.2) is 93.2 Å². The van der Waals surface area contributed by atoms with Crippen LogP contribution in [0.15, 0.2) is 60.5 Å². The van der Waals surface area contributed by atoms with E-state index in [0.717, 1.165) is 24.2 Å². The van der Waals surface area contributed by atoms with Crippen LogP contribution in [-0.2, 0) is 14.3 Å². The maximum absolute atomic E-state index is 13.4. The van der Waals surface area contributed by atoms with E-state index in [1.165, 1.54) is 38.5 Å². The second-order valence-corrected chi connectivity index (χ2v) is 13.7. The number of rotatable bonds is 6. The zero-order valence-corrected chi connectivity index (χ0v) is 28.2. The lowest BCUT2D eigenvalue weighted by molar-refractivity contribution is -0.151. The van der Waals surface area contributed by atoms with Crippen molar-refractivity contribution in [2.75, 3.05) is 26.2 Å². The molecule has 1 aromatic heterocycles. The van der Waals surface area contributed by atoms with Crippen molar-refractivity contribution in [1.82, 2.24) is 14.8 Å². The van der Waals surface area contributed by atoms with Crippen LogP contribution in [0.4, 0.5) is 4.79 Å². The number of hydrogen-bond acceptors (Lipinski definition) is 8. The van der Waals surface area contributed by atoms with Crippen molar-refractivity contribution in [2.24, 2.45) is 5.92 Å². The Morgan fingerprint density at radius 1 is 1.09 bits per heavy atom. The average Bonchev–Trinajstić information content (AvgIpc) is 3.34. The minimum absolute atomic E-state index is 0.149. The van der Waals surface area contributed by atoms with Crippen LogP contribution >= 0.6 is 0 Å². The van der Waals surface area contributed by atoms with Gasteiger partial charge in [0.05, 0.1) is 12.5 Å². The summed E-state index contributed by atoms with van der Waals surface area (Å²) in [6.45, 7) is 10.4. The molecule has 2 N–H and O–H groups in total. The molecular weight excluding hydrogens is 582 g/mol. The van der Waals surface area contributed by atoms with Gasteiger partial charge in [0.2, 0.25) is 0 Å². The number of carbonyl (C=O) groups is 2. The maximum atomic E-state index is 13.4. The van der Waals surface area contributed by atoms with E-state index >= 15 is 0 Å². The van der Waals surface area contributed by atoms with Crippen LogP contribution < -0.4 is 0 Å². The second-order valence-electron chi connectivity index (χ2n) is 13.7. The molecule has 254 valence electrons. The smallest absolute Gasteiger partial charge is 0.410 e. The Balaban J connectivity index is 1.45. The van der Waals surface area contributed by atoms with Crippen LogP contribution in [0.2, 0.25) is 0 Å². The van der Waals surface area contributed by atoms with Crippen molar-refractivity contribution in [2.45, 2.75) is 121 Å². The predicted octanol–water partition coefficient (Wildman–Crippen LogP) is 5.93. The molecular formula is C37H55N3O6. The topological polar surface area (TPSA) is 112 Å². The zero-order chi connectivity index (χ0) is 33.1. The highest BCUT2D eigenvalue weighted by Gasteiger charge is 2.37. The lowest BCUT2D eigenvalue weighted by Gasteiger charge is -2.40. The van der Waals surface area contributed by atoms with Gasteiger partial charge in [-0.2, -0.15) is 0 Å². The lowest BCUT2D eigenvalue weighted by atomic mass is 9.88. The molecule has 2 aliphatic heterocycles. The molecule has 0 spiro atoms. The fourth-order valence-electron chi connectivity index (χ4n) is 6.77. The Morgan fingerprint density at radius 2 is 1.76 bits per heavy atom. The highest BCUT2D eigenvalue weighted by atomic mass is 16.6. The number of hydrogen-bond donors (Lipinski definition) is 2. The van der Waals surface area contributed by atoms with Crippen LogP contribution in [0, 0.1) is 5.92 Å². The van der Waals surface area contributed by atoms with Gasteiger partial charge >= 0.3 is 12.1 Å². The standard InChI is InChI=1S/C37H55N3O6/c1-27(30-17-20-38-21-18-30)10-9-11-28(2)35-29(3)14-15-33(37(4,44)19-16-32(41)26-34(42)46-35)45-36(43)40-24-22-39(23-25-40)31-12-7-5-6-8-13-31/h9-11,14-15,17-18,20-21,27,29,31-33,35,41,44H,5-8,12-13,16,19,22-26H2,1-4H3/b10-9+,15-14+,28-11+/t27?,29-,32-,33-,35+,37-/m0/s1. The number of esters is 1. The van der Waals surface area contributed by atoms with E-state index < -0.39 is 36.0 Å². The van der Waals surface area contributed by atoms with Crippen LogP contribution in [0.1, 0.15) is 97.0 Å². The van der Waals surface area contributed by atoms with Gasteiger partial charge in [0, 0.05) is 50.5 Å². The maximum Gasteiger partial charge on any atom is 0.410 e. The van der Waals surface area contributed by atoms with Gasteiger partial charge in [-0.05, 0) is 74.8 Å². The summed E-state index contributed by atoms with van der Waals surface area (Å²) in [7, 11) is 0. The Labute approximate surface area is 275 Å². The molecule has 4 rings (SSSR count). The van der Waals surface area contributed by atoms with E-state index in [-0.39, 0.29) is 31.1 Å². The number of pyridine rings is 1. The fourth-order valence-corrected chi connectivity index (χ4v) is 6.77. The first-order valence-corrected chi connectivity index (χ1v) is 17.3. The Kier molecular flexibility index (Phi) is 13.4. The lowest BCUT2D eigenvalue weighted by Crippen LogP contribution is -2.53. The zero-order valence-electron chi connectivity index (χ0n) is 28.2. The highest BCUT2D eigenvalue weighted by Crippen LogP contribution is 2.28. The van der Waals surface area contributed by atoms with Gasteiger partial charge in [0.15, 0.2) is 6.10 Å². The van der Waals surface area contributed by atoms with E-state index in [1.54, 1.807) is 30.3 Å². The van der Waals surface area contributed by atoms with Crippen LogP contribution in [0.25, 0.3) is 0 Å². The number of piperazine rings is 1. The first kappa shape index (κ1) is 35.8. The van der Waals surface area contributed by atoms with Gasteiger partial charge in [-0.25, -0.2) is 4.79 Å². The van der Waals surface area contributed by atoms with Crippen molar-refractivity contribution in [3.8, 4) is 0 Å². The summed E-state index contributed by atoms with van der Waals surface area (Å²) in [5.41, 5.74) is 0.543. The molecule has 9 heteroatoms. The van der Waals surface area contributed by atoms with Gasteiger partial charge < -0.3 is 24.6 Å². The normalized spacial score (nSPS) is 31.3. The number of ether oxygens (including phenoxy) is 2.